The summed E-state index contributed by atoms with van der Waals surface area (Å²) in [5.41, 5.74) is 8.02. The molecule has 0 saturated heterocycles. The summed E-state index contributed by atoms with van der Waals surface area (Å²) < 4.78 is 0. The standard InChI is InChI=1S/C23H31N3O2/c1-23(2,3)17-25-21(27)19-9-11-20(12-10-19)22(28)26(16-14-24)15-13-18-7-5-4-6-8-18/h4-12H,13-17,24H2,1-3H3,(H,25,27). The van der Waals surface area contributed by atoms with Crippen LogP contribution in [0, 0.1) is 5.41 Å². The van der Waals surface area contributed by atoms with Crippen molar-refractivity contribution >= 4 is 11.8 Å². The maximum absolute atomic E-state index is 12.9. The second kappa shape index (κ2) is 10.0. The van der Waals surface area contributed by atoms with Crippen molar-refractivity contribution in [2.75, 3.05) is 26.2 Å². The van der Waals surface area contributed by atoms with E-state index in [-0.39, 0.29) is 17.2 Å². The van der Waals surface area contributed by atoms with Crippen LogP contribution in [0.1, 0.15) is 47.1 Å². The van der Waals surface area contributed by atoms with E-state index < -0.39 is 0 Å². The highest BCUT2D eigenvalue weighted by atomic mass is 16.2. The van der Waals surface area contributed by atoms with E-state index in [2.05, 4.69) is 38.2 Å². The number of nitrogens with zero attached hydrogens (tertiary/aromatic N) is 1. The molecule has 0 spiro atoms. The zero-order valence-electron chi connectivity index (χ0n) is 17.1. The number of nitrogens with one attached hydrogen (secondary N) is 1. The Bertz CT molecular complexity index is 765. The first-order valence-electron chi connectivity index (χ1n) is 9.72. The Kier molecular flexibility index (Phi) is 7.76. The zero-order valence-corrected chi connectivity index (χ0v) is 17.1. The number of hydrogen-bond donors (Lipinski definition) is 2. The summed E-state index contributed by atoms with van der Waals surface area (Å²) in [5, 5.41) is 2.92. The monoisotopic (exact) mass is 381 g/mol. The van der Waals surface area contributed by atoms with Gasteiger partial charge in [-0.3, -0.25) is 9.59 Å². The Morgan fingerprint density at radius 1 is 0.929 bits per heavy atom. The normalized spacial score (nSPS) is 11.1. The van der Waals surface area contributed by atoms with Gasteiger partial charge in [-0.2, -0.15) is 0 Å². The first kappa shape index (κ1) is 21.6. The van der Waals surface area contributed by atoms with Gasteiger partial charge in [0.15, 0.2) is 0 Å². The molecule has 5 nitrogen and oxygen atoms in total. The minimum absolute atomic E-state index is 0.0209. The van der Waals surface area contributed by atoms with Crippen LogP contribution in [-0.4, -0.2) is 42.9 Å². The summed E-state index contributed by atoms with van der Waals surface area (Å²) >= 11 is 0. The summed E-state index contributed by atoms with van der Waals surface area (Å²) in [4.78, 5) is 26.9. The minimum atomic E-state index is -0.128. The molecule has 0 aromatic heterocycles. The summed E-state index contributed by atoms with van der Waals surface area (Å²) in [6.07, 6.45) is 0.778. The predicted molar refractivity (Wildman–Crippen MR) is 113 cm³/mol. The van der Waals surface area contributed by atoms with Gasteiger partial charge in [-0.1, -0.05) is 51.1 Å². The van der Waals surface area contributed by atoms with Gasteiger partial charge in [0, 0.05) is 37.3 Å². The number of carbonyl (C=O) groups excluding carboxylic acids is 2. The molecule has 0 bridgehead atoms. The lowest BCUT2D eigenvalue weighted by atomic mass is 9.97. The van der Waals surface area contributed by atoms with Gasteiger partial charge in [0.05, 0.1) is 0 Å². The van der Waals surface area contributed by atoms with E-state index >= 15 is 0 Å². The van der Waals surface area contributed by atoms with Gasteiger partial charge in [-0.15, -0.1) is 0 Å². The summed E-state index contributed by atoms with van der Waals surface area (Å²) in [7, 11) is 0. The van der Waals surface area contributed by atoms with Gasteiger partial charge in [0.2, 0.25) is 0 Å². The van der Waals surface area contributed by atoms with Crippen LogP contribution in [0.3, 0.4) is 0 Å². The molecule has 2 amide bonds. The molecule has 0 aliphatic heterocycles. The third-order valence-electron chi connectivity index (χ3n) is 4.37. The summed E-state index contributed by atoms with van der Waals surface area (Å²) in [5.74, 6) is -0.195. The number of carbonyl (C=O) groups is 2. The van der Waals surface area contributed by atoms with Crippen LogP contribution < -0.4 is 11.1 Å². The third kappa shape index (κ3) is 6.82. The second-order valence-electron chi connectivity index (χ2n) is 8.14. The summed E-state index contributed by atoms with van der Waals surface area (Å²) in [6.45, 7) is 8.31. The van der Waals surface area contributed by atoms with Crippen LogP contribution in [0.25, 0.3) is 0 Å². The van der Waals surface area contributed by atoms with Gasteiger partial charge in [-0.05, 0) is 41.7 Å². The molecule has 0 saturated carbocycles. The molecule has 0 radical (unpaired) electrons. The van der Waals surface area contributed by atoms with Crippen molar-refractivity contribution in [2.24, 2.45) is 11.1 Å². The lowest BCUT2D eigenvalue weighted by molar-refractivity contribution is 0.0761. The number of amides is 2. The van der Waals surface area contributed by atoms with Gasteiger partial charge in [0.1, 0.15) is 0 Å². The van der Waals surface area contributed by atoms with E-state index in [1.165, 1.54) is 5.56 Å². The highest BCUT2D eigenvalue weighted by Gasteiger charge is 2.17. The fraction of sp³-hybridized carbons (Fsp3) is 0.391. The minimum Gasteiger partial charge on any atom is -0.352 e. The SMILES string of the molecule is CC(C)(C)CNC(=O)c1ccc(C(=O)N(CCN)CCc2ccccc2)cc1. The highest BCUT2D eigenvalue weighted by molar-refractivity contribution is 5.97. The molecule has 0 fully saturated rings. The van der Waals surface area contributed by atoms with E-state index in [1.54, 1.807) is 29.2 Å². The van der Waals surface area contributed by atoms with E-state index in [4.69, 9.17) is 5.73 Å². The van der Waals surface area contributed by atoms with E-state index in [0.29, 0.717) is 37.3 Å². The Labute approximate surface area is 167 Å². The van der Waals surface area contributed by atoms with Crippen LogP contribution in [0.15, 0.2) is 54.6 Å². The number of rotatable bonds is 8. The van der Waals surface area contributed by atoms with Gasteiger partial charge < -0.3 is 16.0 Å². The molecule has 2 aromatic carbocycles. The molecular weight excluding hydrogens is 350 g/mol. The maximum atomic E-state index is 12.9. The zero-order chi connectivity index (χ0) is 20.6. The molecule has 5 heteroatoms. The van der Waals surface area contributed by atoms with Crippen molar-refractivity contribution in [2.45, 2.75) is 27.2 Å². The largest absolute Gasteiger partial charge is 0.352 e. The fourth-order valence-electron chi connectivity index (χ4n) is 2.77. The highest BCUT2D eigenvalue weighted by Crippen LogP contribution is 2.12. The first-order valence-corrected chi connectivity index (χ1v) is 9.72. The molecule has 2 rings (SSSR count). The quantitative estimate of drug-likeness (QED) is 0.738. The second-order valence-corrected chi connectivity index (χ2v) is 8.14. The Morgan fingerprint density at radius 2 is 1.54 bits per heavy atom. The average molecular weight is 382 g/mol. The molecule has 0 heterocycles. The van der Waals surface area contributed by atoms with Gasteiger partial charge >= 0.3 is 0 Å². The van der Waals surface area contributed by atoms with Crippen molar-refractivity contribution in [3.8, 4) is 0 Å². The molecule has 150 valence electrons. The molecule has 28 heavy (non-hydrogen) atoms. The molecule has 3 N–H and O–H groups in total. The molecule has 0 atom stereocenters. The predicted octanol–water partition coefficient (Wildman–Crippen LogP) is 3.11. The number of nitrogens with two attached hydrogens (primary N) is 1. The lowest BCUT2D eigenvalue weighted by Gasteiger charge is -2.22. The number of benzene rings is 2. The molecular formula is C23H31N3O2. The van der Waals surface area contributed by atoms with Crippen LogP contribution in [0.4, 0.5) is 0 Å². The average Bonchev–Trinajstić information content (AvgIpc) is 2.69. The van der Waals surface area contributed by atoms with Crippen molar-refractivity contribution < 1.29 is 9.59 Å². The Morgan fingerprint density at radius 3 is 2.11 bits per heavy atom. The van der Waals surface area contributed by atoms with E-state index in [1.807, 2.05) is 18.2 Å². The number of hydrogen-bond acceptors (Lipinski definition) is 3. The van der Waals surface area contributed by atoms with Crippen molar-refractivity contribution in [1.29, 1.82) is 0 Å². The van der Waals surface area contributed by atoms with Crippen molar-refractivity contribution in [1.82, 2.24) is 10.2 Å². The Balaban J connectivity index is 2.01. The van der Waals surface area contributed by atoms with Crippen LogP contribution in [-0.2, 0) is 6.42 Å². The van der Waals surface area contributed by atoms with E-state index in [0.717, 1.165) is 6.42 Å². The Hall–Kier alpha value is -2.66. The van der Waals surface area contributed by atoms with Gasteiger partial charge in [0.25, 0.3) is 11.8 Å². The van der Waals surface area contributed by atoms with Crippen molar-refractivity contribution in [3.05, 3.63) is 71.3 Å². The van der Waals surface area contributed by atoms with Crippen LogP contribution in [0.2, 0.25) is 0 Å². The molecule has 0 aliphatic rings. The first-order chi connectivity index (χ1) is 13.3. The molecule has 2 aromatic rings. The van der Waals surface area contributed by atoms with Crippen LogP contribution >= 0.6 is 0 Å². The maximum Gasteiger partial charge on any atom is 0.253 e. The van der Waals surface area contributed by atoms with E-state index in [9.17, 15) is 9.59 Å². The van der Waals surface area contributed by atoms with Gasteiger partial charge in [-0.25, -0.2) is 0 Å². The van der Waals surface area contributed by atoms with Crippen molar-refractivity contribution in [3.63, 3.8) is 0 Å². The third-order valence-corrected chi connectivity index (χ3v) is 4.37. The van der Waals surface area contributed by atoms with Crippen LogP contribution in [0.5, 0.6) is 0 Å². The smallest absolute Gasteiger partial charge is 0.253 e. The fourth-order valence-corrected chi connectivity index (χ4v) is 2.77. The molecule has 0 unspecified atom stereocenters. The topological polar surface area (TPSA) is 75.4 Å². The summed E-state index contributed by atoms with van der Waals surface area (Å²) in [6, 6.07) is 16.9. The lowest BCUT2D eigenvalue weighted by Crippen LogP contribution is -2.37. The molecule has 0 aliphatic carbocycles.